The first-order chi connectivity index (χ1) is 21.1. The fraction of sp³-hybridized carbons (Fsp3) is 0.355. The van der Waals surface area contributed by atoms with Gasteiger partial charge in [0, 0.05) is 12.2 Å². The van der Waals surface area contributed by atoms with Gasteiger partial charge in [0.1, 0.15) is 5.82 Å². The van der Waals surface area contributed by atoms with E-state index in [2.05, 4.69) is 5.10 Å². The van der Waals surface area contributed by atoms with Crippen LogP contribution in [-0.2, 0) is 11.3 Å². The van der Waals surface area contributed by atoms with Crippen LogP contribution in [-0.4, -0.2) is 55.3 Å². The van der Waals surface area contributed by atoms with Gasteiger partial charge >= 0.3 is 17.8 Å². The Hall–Kier alpha value is -4.23. The summed E-state index contributed by atoms with van der Waals surface area (Å²) in [7, 11) is 0. The highest BCUT2D eigenvalue weighted by Crippen LogP contribution is 2.33. The van der Waals surface area contributed by atoms with Crippen LogP contribution in [0.1, 0.15) is 59.2 Å². The van der Waals surface area contributed by atoms with Crippen LogP contribution in [0.4, 0.5) is 17.6 Å². The molecule has 14 heteroatoms. The number of fused-ring (bicyclic) bond motifs is 1. The third-order valence-corrected chi connectivity index (χ3v) is 7.41. The summed E-state index contributed by atoms with van der Waals surface area (Å²) in [6.07, 6.45) is -4.57. The second kappa shape index (κ2) is 14.7. The van der Waals surface area contributed by atoms with Crippen molar-refractivity contribution in [3.63, 3.8) is 0 Å². The summed E-state index contributed by atoms with van der Waals surface area (Å²) in [4.78, 5) is 38.3. The van der Waals surface area contributed by atoms with Crippen LogP contribution in [0.15, 0.2) is 59.4 Å². The average molecular weight is 652 g/mol. The minimum atomic E-state index is -5.08. The average Bonchev–Trinajstić information content (AvgIpc) is 3.25. The zero-order valence-electron chi connectivity index (χ0n) is 25.1. The number of aryl methyl sites for hydroxylation is 2. The molecule has 2 heterocycles. The van der Waals surface area contributed by atoms with Gasteiger partial charge in [0.05, 0.1) is 34.4 Å². The maximum atomic E-state index is 15.0. The lowest BCUT2D eigenvalue weighted by Crippen LogP contribution is -2.42. The van der Waals surface area contributed by atoms with Crippen molar-refractivity contribution >= 4 is 29.0 Å². The van der Waals surface area contributed by atoms with Gasteiger partial charge in [-0.2, -0.15) is 22.8 Å². The summed E-state index contributed by atoms with van der Waals surface area (Å²) in [6, 6.07) is 15.4. The summed E-state index contributed by atoms with van der Waals surface area (Å²) in [6.45, 7) is 8.38. The molecular weight excluding hydrogens is 618 g/mol. The normalized spacial score (nSPS) is 12.2. The number of aliphatic carboxylic acids is 1. The highest BCUT2D eigenvalue weighted by molar-refractivity contribution is 6.34. The minimum absolute atomic E-state index is 0.0189. The van der Waals surface area contributed by atoms with E-state index in [4.69, 9.17) is 27.2 Å². The number of carboxylic acids is 1. The van der Waals surface area contributed by atoms with Crippen molar-refractivity contribution in [1.29, 1.82) is 0 Å². The Morgan fingerprint density at radius 1 is 1.09 bits per heavy atom. The molecule has 242 valence electrons. The number of nitrogens with zero attached hydrogens (tertiary/aromatic N) is 4. The number of carboxylic acid groups (broad SMARTS) is 1. The molecule has 45 heavy (non-hydrogen) atoms. The zero-order valence-corrected chi connectivity index (χ0v) is 25.9. The van der Waals surface area contributed by atoms with Gasteiger partial charge in [0.25, 0.3) is 5.91 Å². The van der Waals surface area contributed by atoms with Gasteiger partial charge < -0.3 is 15.7 Å². The van der Waals surface area contributed by atoms with E-state index in [0.717, 1.165) is 11.1 Å². The summed E-state index contributed by atoms with van der Waals surface area (Å²) < 4.78 is 49.7. The van der Waals surface area contributed by atoms with Crippen LogP contribution in [0.2, 0.25) is 5.02 Å². The van der Waals surface area contributed by atoms with Crippen LogP contribution >= 0.6 is 11.6 Å². The fourth-order valence-electron chi connectivity index (χ4n) is 4.85. The first-order valence-corrected chi connectivity index (χ1v) is 14.4. The Morgan fingerprint density at radius 3 is 2.24 bits per heavy atom. The number of nitrogens with two attached hydrogens (primary N) is 1. The largest absolute Gasteiger partial charge is 0.490 e. The van der Waals surface area contributed by atoms with E-state index in [1.54, 1.807) is 29.4 Å². The van der Waals surface area contributed by atoms with Crippen molar-refractivity contribution in [1.82, 2.24) is 19.1 Å². The van der Waals surface area contributed by atoms with Gasteiger partial charge in [0.15, 0.2) is 0 Å². The number of hydrogen-bond acceptors (Lipinski definition) is 5. The quantitative estimate of drug-likeness (QED) is 0.222. The molecule has 0 saturated heterocycles. The van der Waals surface area contributed by atoms with Gasteiger partial charge in [-0.05, 0) is 62.1 Å². The van der Waals surface area contributed by atoms with Crippen molar-refractivity contribution in [2.24, 2.45) is 11.7 Å². The number of halogens is 5. The first kappa shape index (κ1) is 35.3. The Kier molecular flexibility index (Phi) is 11.5. The summed E-state index contributed by atoms with van der Waals surface area (Å²) in [5, 5.41) is 11.9. The predicted octanol–water partition coefficient (Wildman–Crippen LogP) is 5.78. The topological polar surface area (TPSA) is 123 Å². The molecule has 1 unspecified atom stereocenters. The highest BCUT2D eigenvalue weighted by Gasteiger charge is 2.38. The lowest BCUT2D eigenvalue weighted by Gasteiger charge is -2.36. The lowest BCUT2D eigenvalue weighted by molar-refractivity contribution is -0.192. The third-order valence-electron chi connectivity index (χ3n) is 6.94. The molecule has 0 bridgehead atoms. The maximum absolute atomic E-state index is 15.0. The molecule has 3 N–H and O–H groups in total. The molecule has 2 aromatic heterocycles. The number of carbonyl (C=O) groups is 2. The number of hydrogen-bond donors (Lipinski definition) is 2. The number of amides is 1. The number of carbonyl (C=O) groups excluding carboxylic acids is 1. The Balaban J connectivity index is 0.000000707. The predicted molar refractivity (Wildman–Crippen MR) is 162 cm³/mol. The zero-order chi connectivity index (χ0) is 33.6. The minimum Gasteiger partial charge on any atom is -0.475 e. The van der Waals surface area contributed by atoms with Crippen molar-refractivity contribution in [3.8, 4) is 0 Å². The number of alkyl halides is 3. The lowest BCUT2D eigenvalue weighted by atomic mass is 9.96. The van der Waals surface area contributed by atoms with Crippen LogP contribution in [0.5, 0.6) is 0 Å². The highest BCUT2D eigenvalue weighted by atomic mass is 35.5. The van der Waals surface area contributed by atoms with E-state index < -0.39 is 29.9 Å². The van der Waals surface area contributed by atoms with E-state index >= 15 is 0 Å². The molecular formula is C31H34ClF4N5O4. The molecule has 0 radical (unpaired) electrons. The van der Waals surface area contributed by atoms with E-state index in [0.29, 0.717) is 41.4 Å². The summed E-state index contributed by atoms with van der Waals surface area (Å²) in [5.41, 5.74) is 8.69. The standard InChI is InChI=1S/C29H33ClFN5O2.C2HF3O2/c1-18(2)27(34(14-8-13-32)28(37)22-12-11-19(3)15-23(22)31)25-16-24-26(30)20(4)33-36(24)29(38)35(25)17-21-9-6-5-7-10-21;3-2(4,5)1(6)7/h5-7,9-12,15-16,18,27H,8,13-14,17,32H2,1-4H3;(H,6,7). The molecule has 0 saturated carbocycles. The monoisotopic (exact) mass is 651 g/mol. The number of rotatable bonds is 9. The molecule has 4 rings (SSSR count). The van der Waals surface area contributed by atoms with E-state index in [9.17, 15) is 27.2 Å². The van der Waals surface area contributed by atoms with Crippen molar-refractivity contribution in [2.75, 3.05) is 13.1 Å². The first-order valence-electron chi connectivity index (χ1n) is 14.0. The molecule has 1 atom stereocenters. The fourth-order valence-corrected chi connectivity index (χ4v) is 5.02. The molecule has 2 aromatic carbocycles. The number of aromatic nitrogens is 3. The maximum Gasteiger partial charge on any atom is 0.490 e. The van der Waals surface area contributed by atoms with Gasteiger partial charge in [-0.1, -0.05) is 61.8 Å². The Bertz CT molecular complexity index is 1720. The SMILES string of the molecule is Cc1ccc(C(=O)N(CCCN)C(c2cc3c(Cl)c(C)nn3c(=O)n2Cc2ccccc2)C(C)C)c(F)c1.O=C(O)C(F)(F)F. The van der Waals surface area contributed by atoms with Gasteiger partial charge in [-0.3, -0.25) is 9.36 Å². The van der Waals surface area contributed by atoms with E-state index in [1.165, 1.54) is 16.6 Å². The molecule has 4 aromatic rings. The smallest absolute Gasteiger partial charge is 0.475 e. The Labute approximate surface area is 261 Å². The molecule has 9 nitrogen and oxygen atoms in total. The Morgan fingerprint density at radius 2 is 1.71 bits per heavy atom. The van der Waals surface area contributed by atoms with Crippen molar-refractivity contribution < 1.29 is 32.3 Å². The molecule has 0 aliphatic rings. The van der Waals surface area contributed by atoms with Gasteiger partial charge in [0.2, 0.25) is 0 Å². The van der Waals surface area contributed by atoms with Crippen LogP contribution in [0.3, 0.4) is 0 Å². The second-order valence-corrected chi connectivity index (χ2v) is 11.1. The van der Waals surface area contributed by atoms with Gasteiger partial charge in [-0.25, -0.2) is 14.0 Å². The van der Waals surface area contributed by atoms with Gasteiger partial charge in [-0.15, -0.1) is 0 Å². The summed E-state index contributed by atoms with van der Waals surface area (Å²) >= 11 is 6.56. The van der Waals surface area contributed by atoms with Crippen LogP contribution in [0, 0.1) is 25.6 Å². The van der Waals surface area contributed by atoms with Crippen molar-refractivity contribution in [3.05, 3.63) is 104 Å². The van der Waals surface area contributed by atoms with E-state index in [-0.39, 0.29) is 23.7 Å². The molecule has 0 fully saturated rings. The molecule has 1 amide bonds. The molecule has 0 aliphatic carbocycles. The van der Waals surface area contributed by atoms with Crippen LogP contribution in [0.25, 0.3) is 5.52 Å². The summed E-state index contributed by atoms with van der Waals surface area (Å²) in [5.74, 6) is -3.92. The third kappa shape index (κ3) is 8.28. The second-order valence-electron chi connectivity index (χ2n) is 10.7. The molecule has 0 aliphatic heterocycles. The number of benzene rings is 2. The van der Waals surface area contributed by atoms with Crippen LogP contribution < -0.4 is 11.4 Å². The van der Waals surface area contributed by atoms with Crippen molar-refractivity contribution in [2.45, 2.75) is 52.9 Å². The molecule has 0 spiro atoms. The van der Waals surface area contributed by atoms with E-state index in [1.807, 2.05) is 50.2 Å².